The summed E-state index contributed by atoms with van der Waals surface area (Å²) >= 11 is 0. The topological polar surface area (TPSA) is 43.1 Å². The summed E-state index contributed by atoms with van der Waals surface area (Å²) in [6, 6.07) is 3.22. The van der Waals surface area contributed by atoms with Crippen molar-refractivity contribution >= 4 is 5.78 Å². The minimum absolute atomic E-state index is 0.0972. The Morgan fingerprint density at radius 1 is 1.46 bits per heavy atom. The van der Waals surface area contributed by atoms with Crippen LogP contribution in [0.15, 0.2) is 12.1 Å². The first kappa shape index (κ1) is 9.86. The molecule has 13 heavy (non-hydrogen) atoms. The highest BCUT2D eigenvalue weighted by Crippen LogP contribution is 2.15. The third-order valence-corrected chi connectivity index (χ3v) is 1.88. The van der Waals surface area contributed by atoms with E-state index in [4.69, 9.17) is 5.73 Å². The van der Waals surface area contributed by atoms with Crippen LogP contribution in [-0.4, -0.2) is 12.3 Å². The molecule has 0 amide bonds. The quantitative estimate of drug-likeness (QED) is 0.704. The van der Waals surface area contributed by atoms with Crippen molar-refractivity contribution in [3.8, 4) is 0 Å². The van der Waals surface area contributed by atoms with Crippen molar-refractivity contribution in [3.05, 3.63) is 34.6 Å². The van der Waals surface area contributed by atoms with Crippen LogP contribution >= 0.6 is 0 Å². The molecule has 0 heterocycles. The Kier molecular flexibility index (Phi) is 2.78. The highest BCUT2D eigenvalue weighted by molar-refractivity contribution is 5.98. The van der Waals surface area contributed by atoms with Gasteiger partial charge in [-0.25, -0.2) is 4.39 Å². The third kappa shape index (κ3) is 1.92. The van der Waals surface area contributed by atoms with E-state index in [1.165, 1.54) is 6.07 Å². The number of nitrogens with two attached hydrogens (primary N) is 1. The van der Waals surface area contributed by atoms with E-state index < -0.39 is 5.82 Å². The smallest absolute Gasteiger partial charge is 0.179 e. The molecule has 0 aliphatic rings. The number of ketones is 1. The fraction of sp³-hybridized carbons (Fsp3) is 0.300. The second kappa shape index (κ2) is 3.66. The zero-order valence-electron chi connectivity index (χ0n) is 7.73. The summed E-state index contributed by atoms with van der Waals surface area (Å²) < 4.78 is 13.3. The van der Waals surface area contributed by atoms with Gasteiger partial charge in [0.25, 0.3) is 0 Å². The zero-order chi connectivity index (χ0) is 10.0. The van der Waals surface area contributed by atoms with Crippen molar-refractivity contribution < 1.29 is 9.18 Å². The Bertz CT molecular complexity index is 347. The predicted molar refractivity (Wildman–Crippen MR) is 49.3 cm³/mol. The number of benzene rings is 1. The number of Topliss-reactive ketones (excluding diaryl/α,β-unsaturated/α-hetero) is 1. The molecular weight excluding hydrogens is 169 g/mol. The molecule has 0 atom stereocenters. The summed E-state index contributed by atoms with van der Waals surface area (Å²) in [6.07, 6.45) is 0. The molecule has 0 unspecified atom stereocenters. The molecule has 0 aliphatic carbocycles. The third-order valence-electron chi connectivity index (χ3n) is 1.88. The maximum atomic E-state index is 13.3. The lowest BCUT2D eigenvalue weighted by atomic mass is 10.0. The van der Waals surface area contributed by atoms with Crippen LogP contribution in [0.1, 0.15) is 21.5 Å². The predicted octanol–water partition coefficient (Wildman–Crippen LogP) is 1.58. The molecule has 1 aromatic rings. The number of carbonyl (C=O) groups excluding carboxylic acids is 1. The van der Waals surface area contributed by atoms with Gasteiger partial charge in [0.05, 0.1) is 12.1 Å². The van der Waals surface area contributed by atoms with E-state index in [2.05, 4.69) is 0 Å². The summed E-state index contributed by atoms with van der Waals surface area (Å²) in [7, 11) is 0. The summed E-state index contributed by atoms with van der Waals surface area (Å²) in [5, 5.41) is 0. The van der Waals surface area contributed by atoms with Crippen LogP contribution in [0, 0.1) is 19.7 Å². The van der Waals surface area contributed by atoms with Gasteiger partial charge in [0.2, 0.25) is 0 Å². The minimum atomic E-state index is -0.457. The van der Waals surface area contributed by atoms with E-state index in [0.29, 0.717) is 5.56 Å². The van der Waals surface area contributed by atoms with Crippen LogP contribution in [0.5, 0.6) is 0 Å². The first-order valence-electron chi connectivity index (χ1n) is 4.06. The summed E-state index contributed by atoms with van der Waals surface area (Å²) in [6.45, 7) is 3.30. The van der Waals surface area contributed by atoms with Gasteiger partial charge in [0.1, 0.15) is 5.82 Å². The minimum Gasteiger partial charge on any atom is -0.324 e. The number of carbonyl (C=O) groups is 1. The van der Waals surface area contributed by atoms with Crippen LogP contribution in [0.2, 0.25) is 0 Å². The standard InChI is InChI=1S/C10H12FNO/c1-6-3-7(2)10(11)8(4-6)9(13)5-12/h3-4H,5,12H2,1-2H3. The monoisotopic (exact) mass is 181 g/mol. The Labute approximate surface area is 76.6 Å². The van der Waals surface area contributed by atoms with Crippen LogP contribution in [0.3, 0.4) is 0 Å². The Balaban J connectivity index is 3.28. The van der Waals surface area contributed by atoms with Gasteiger partial charge in [0, 0.05) is 0 Å². The van der Waals surface area contributed by atoms with Gasteiger partial charge < -0.3 is 5.73 Å². The van der Waals surface area contributed by atoms with E-state index in [1.807, 2.05) is 6.92 Å². The van der Waals surface area contributed by atoms with Crippen LogP contribution in [0.25, 0.3) is 0 Å². The summed E-state index contributed by atoms with van der Waals surface area (Å²) in [5.74, 6) is -0.814. The summed E-state index contributed by atoms with van der Waals surface area (Å²) in [4.78, 5) is 11.2. The largest absolute Gasteiger partial charge is 0.324 e. The van der Waals surface area contributed by atoms with Gasteiger partial charge in [-0.15, -0.1) is 0 Å². The molecule has 0 radical (unpaired) electrons. The maximum Gasteiger partial charge on any atom is 0.179 e. The zero-order valence-corrected chi connectivity index (χ0v) is 7.73. The highest BCUT2D eigenvalue weighted by Gasteiger charge is 2.12. The number of aryl methyl sites for hydroxylation is 2. The van der Waals surface area contributed by atoms with Crippen molar-refractivity contribution in [3.63, 3.8) is 0 Å². The van der Waals surface area contributed by atoms with Crippen molar-refractivity contribution in [1.82, 2.24) is 0 Å². The van der Waals surface area contributed by atoms with Crippen molar-refractivity contribution in [2.24, 2.45) is 5.73 Å². The number of halogens is 1. The van der Waals surface area contributed by atoms with Crippen molar-refractivity contribution in [2.45, 2.75) is 13.8 Å². The van der Waals surface area contributed by atoms with E-state index in [-0.39, 0.29) is 17.9 Å². The molecule has 1 aromatic carbocycles. The van der Waals surface area contributed by atoms with Gasteiger partial charge in [-0.3, -0.25) is 4.79 Å². The molecule has 70 valence electrons. The second-order valence-electron chi connectivity index (χ2n) is 3.07. The molecular formula is C10H12FNO. The van der Waals surface area contributed by atoms with Crippen LogP contribution in [0.4, 0.5) is 4.39 Å². The molecule has 2 nitrogen and oxygen atoms in total. The first-order chi connectivity index (χ1) is 6.06. The lowest BCUT2D eigenvalue weighted by Crippen LogP contribution is -2.15. The molecule has 0 spiro atoms. The van der Waals surface area contributed by atoms with Crippen LogP contribution < -0.4 is 5.73 Å². The fourth-order valence-corrected chi connectivity index (χ4v) is 1.26. The molecule has 0 saturated heterocycles. The molecule has 1 rings (SSSR count). The van der Waals surface area contributed by atoms with E-state index in [0.717, 1.165) is 5.56 Å². The molecule has 2 N–H and O–H groups in total. The van der Waals surface area contributed by atoms with Crippen LogP contribution in [-0.2, 0) is 0 Å². The molecule has 0 saturated carbocycles. The highest BCUT2D eigenvalue weighted by atomic mass is 19.1. The summed E-state index contributed by atoms with van der Waals surface area (Å²) in [5.41, 5.74) is 6.61. The van der Waals surface area contributed by atoms with E-state index in [9.17, 15) is 9.18 Å². The lowest BCUT2D eigenvalue weighted by molar-refractivity contribution is 0.0997. The molecule has 0 aromatic heterocycles. The van der Waals surface area contributed by atoms with E-state index in [1.54, 1.807) is 13.0 Å². The molecule has 0 bridgehead atoms. The van der Waals surface area contributed by atoms with E-state index >= 15 is 0 Å². The first-order valence-corrected chi connectivity index (χ1v) is 4.06. The molecule has 0 aliphatic heterocycles. The van der Waals surface area contributed by atoms with Crippen molar-refractivity contribution in [1.29, 1.82) is 0 Å². The lowest BCUT2D eigenvalue weighted by Gasteiger charge is -2.04. The average molecular weight is 181 g/mol. The van der Waals surface area contributed by atoms with Gasteiger partial charge in [-0.1, -0.05) is 6.07 Å². The Hall–Kier alpha value is -1.22. The molecule has 3 heteroatoms. The number of rotatable bonds is 2. The van der Waals surface area contributed by atoms with Gasteiger partial charge in [-0.05, 0) is 31.0 Å². The molecule has 0 fully saturated rings. The maximum absolute atomic E-state index is 13.3. The SMILES string of the molecule is Cc1cc(C)c(F)c(C(=O)CN)c1. The Morgan fingerprint density at radius 3 is 2.62 bits per heavy atom. The van der Waals surface area contributed by atoms with Crippen molar-refractivity contribution in [2.75, 3.05) is 6.54 Å². The normalized spacial score (nSPS) is 10.2. The second-order valence-corrected chi connectivity index (χ2v) is 3.07. The average Bonchev–Trinajstić information content (AvgIpc) is 2.10. The fourth-order valence-electron chi connectivity index (χ4n) is 1.26. The number of hydrogen-bond donors (Lipinski definition) is 1. The number of hydrogen-bond acceptors (Lipinski definition) is 2. The van der Waals surface area contributed by atoms with Gasteiger partial charge >= 0.3 is 0 Å². The van der Waals surface area contributed by atoms with Gasteiger partial charge in [0.15, 0.2) is 5.78 Å². The Morgan fingerprint density at radius 2 is 2.08 bits per heavy atom. The van der Waals surface area contributed by atoms with Gasteiger partial charge in [-0.2, -0.15) is 0 Å².